The maximum Gasteiger partial charge on any atom is 1.00 e. The number of carboxylic acid groups (broad SMARTS) is 1. The van der Waals surface area contributed by atoms with Crippen LogP contribution in [-0.2, 0) is 41.7 Å². The van der Waals surface area contributed by atoms with Gasteiger partial charge in [0, 0.05) is 5.39 Å². The molecule has 0 saturated heterocycles. The summed E-state index contributed by atoms with van der Waals surface area (Å²) in [6.07, 6.45) is 0. The van der Waals surface area contributed by atoms with Crippen molar-refractivity contribution in [1.82, 2.24) is 15.0 Å². The second-order valence-corrected chi connectivity index (χ2v) is 14.9. The van der Waals surface area contributed by atoms with Crippen molar-refractivity contribution < 1.29 is 190 Å². The van der Waals surface area contributed by atoms with Crippen LogP contribution in [0.3, 0.4) is 0 Å². The average molecular weight is 916 g/mol. The maximum atomic E-state index is 12.1. The number of azo groups is 1. The zero-order chi connectivity index (χ0) is 39.7. The van der Waals surface area contributed by atoms with Gasteiger partial charge in [-0.1, -0.05) is 12.1 Å². The Morgan fingerprint density at radius 1 is 0.776 bits per heavy atom. The van der Waals surface area contributed by atoms with E-state index in [1.807, 2.05) is 0 Å². The number of nitrogens with one attached hydrogen (secondary N) is 2. The molecule has 23 nitrogen and oxygen atoms in total. The summed E-state index contributed by atoms with van der Waals surface area (Å²) in [4.78, 5) is 21.0. The number of phenols is 1. The van der Waals surface area contributed by atoms with Gasteiger partial charge in [-0.3, -0.25) is 0 Å². The summed E-state index contributed by atoms with van der Waals surface area (Å²) in [6, 6.07) is 8.34. The molecule has 0 amide bonds. The van der Waals surface area contributed by atoms with Gasteiger partial charge in [0.1, 0.15) is 47.4 Å². The third kappa shape index (κ3) is 13.3. The number of fused-ring (bicyclic) bond motifs is 1. The first-order valence-corrected chi connectivity index (χ1v) is 19.1. The first-order valence-electron chi connectivity index (χ1n) is 13.9. The summed E-state index contributed by atoms with van der Waals surface area (Å²) in [7, 11) is -14.4. The molecule has 1 heterocycles. The molecule has 4 aromatic carbocycles. The van der Waals surface area contributed by atoms with Crippen LogP contribution in [0.2, 0.25) is 0 Å². The number of nitrogens with zero attached hydrogens (tertiary/aromatic N) is 5. The fourth-order valence-electron chi connectivity index (χ4n) is 4.56. The SMILES string of the molecule is COc1nc(Nc2cc(S(=O)(=O)[O-])ccc2C(=O)O)nc(Nc2cc(S(=O)(=O)[O-])cc3cc(OS(=O)[O-])c(N=Nc4ccccc4S(=O)(=O)[O-])c(O)c23)n1.[Na+].[Na+].[Na+].[Na+]. The molecule has 1 aromatic heterocycles. The van der Waals surface area contributed by atoms with Gasteiger partial charge in [0.05, 0.1) is 38.7 Å². The summed E-state index contributed by atoms with van der Waals surface area (Å²) in [5.74, 6) is -4.58. The molecular formula is C27H17N7Na4O16S4. The summed E-state index contributed by atoms with van der Waals surface area (Å²) in [6.45, 7) is 0. The van der Waals surface area contributed by atoms with Gasteiger partial charge >= 0.3 is 130 Å². The number of carbonyl (C=O) groups is 1. The predicted octanol–water partition coefficient (Wildman–Crippen LogP) is -9.76. The van der Waals surface area contributed by atoms with Crippen molar-refractivity contribution in [2.24, 2.45) is 10.2 Å². The fraction of sp³-hybridized carbons (Fsp3) is 0.0370. The molecule has 5 aromatic rings. The minimum absolute atomic E-state index is 0. The Balaban J connectivity index is 0.00000420. The van der Waals surface area contributed by atoms with Crippen molar-refractivity contribution in [3.63, 3.8) is 0 Å². The zero-order valence-electron chi connectivity index (χ0n) is 30.3. The molecule has 58 heavy (non-hydrogen) atoms. The van der Waals surface area contributed by atoms with Crippen LogP contribution in [-0.4, -0.2) is 85.9 Å². The van der Waals surface area contributed by atoms with Crippen LogP contribution in [0.4, 0.5) is 34.6 Å². The molecule has 0 radical (unpaired) electrons. The first-order chi connectivity index (χ1) is 25.1. The van der Waals surface area contributed by atoms with Crippen molar-refractivity contribution in [1.29, 1.82) is 0 Å². The van der Waals surface area contributed by atoms with Gasteiger partial charge in [-0.15, -0.1) is 10.2 Å². The van der Waals surface area contributed by atoms with Gasteiger partial charge in [-0.05, 0) is 53.9 Å². The molecule has 31 heteroatoms. The number of phenolic OH excluding ortho intramolecular Hbond substituents is 1. The van der Waals surface area contributed by atoms with Crippen molar-refractivity contribution in [2.45, 2.75) is 14.7 Å². The van der Waals surface area contributed by atoms with E-state index in [1.165, 1.54) is 12.1 Å². The van der Waals surface area contributed by atoms with Gasteiger partial charge < -0.3 is 48.0 Å². The topological polar surface area (TPSA) is 375 Å². The number of benzene rings is 4. The van der Waals surface area contributed by atoms with E-state index in [9.17, 15) is 62.7 Å². The zero-order valence-corrected chi connectivity index (χ0v) is 41.5. The van der Waals surface area contributed by atoms with E-state index in [0.29, 0.717) is 12.1 Å². The van der Waals surface area contributed by atoms with E-state index < -0.39 is 131 Å². The molecule has 0 aliphatic heterocycles. The van der Waals surface area contributed by atoms with Gasteiger partial charge in [0.25, 0.3) is 0 Å². The van der Waals surface area contributed by atoms with Crippen LogP contribution in [0.1, 0.15) is 10.4 Å². The predicted molar refractivity (Wildman–Crippen MR) is 176 cm³/mol. The fourth-order valence-corrected chi connectivity index (χ4v) is 6.47. The van der Waals surface area contributed by atoms with Crippen LogP contribution < -0.4 is 138 Å². The minimum Gasteiger partial charge on any atom is -0.744 e. The molecule has 0 bridgehead atoms. The molecule has 4 N–H and O–H groups in total. The number of hydrogen-bond acceptors (Lipinski definition) is 22. The molecule has 5 rings (SSSR count). The standard InChI is InChI=1S/C27H21N7O16S4.4Na/c1-49-27-31-25(28-17-10-13(52(40,41)42)6-7-15(17)24(36)37)30-26(32-27)29-18-11-14(53(43,44)45)8-12-9-19(50-51(38)39)22(23(35)21(12)18)34-33-16-4-2-3-5-20(16)54(46,47)48;;;;/h2-11,35H,1H3,(H,36,37)(H,38,39)(H,40,41,42)(H,43,44,45)(H,46,47,48)(H2,28,29,30,31,32);;;;/q;4*+1/p-4. The van der Waals surface area contributed by atoms with Crippen molar-refractivity contribution in [3.05, 3.63) is 66.2 Å². The van der Waals surface area contributed by atoms with Gasteiger partial charge in [0.2, 0.25) is 11.9 Å². The second-order valence-electron chi connectivity index (χ2n) is 10.2. The quantitative estimate of drug-likeness (QED) is 0.0369. The first kappa shape index (κ1) is 54.1. The summed E-state index contributed by atoms with van der Waals surface area (Å²) < 4.78 is 139. The molecule has 1 unspecified atom stereocenters. The Morgan fingerprint density at radius 2 is 1.34 bits per heavy atom. The average Bonchev–Trinajstić information content (AvgIpc) is 3.06. The third-order valence-corrected chi connectivity index (χ3v) is 9.61. The second kappa shape index (κ2) is 21.7. The molecule has 0 aliphatic carbocycles. The number of aromatic hydroxyl groups is 1. The number of rotatable bonds is 13. The maximum absolute atomic E-state index is 12.1. The number of aromatic nitrogens is 3. The number of carboxylic acids is 1. The Bertz CT molecular complexity index is 2770. The number of methoxy groups -OCH3 is 1. The van der Waals surface area contributed by atoms with E-state index in [-0.39, 0.29) is 118 Å². The van der Waals surface area contributed by atoms with Gasteiger partial charge in [-0.2, -0.15) is 15.0 Å². The molecule has 284 valence electrons. The van der Waals surface area contributed by atoms with Crippen LogP contribution >= 0.6 is 0 Å². The van der Waals surface area contributed by atoms with Crippen LogP contribution in [0.5, 0.6) is 17.5 Å². The Hall–Kier alpha value is -1.94. The normalized spacial score (nSPS) is 11.9. The third-order valence-electron chi connectivity index (χ3n) is 6.76. The minimum atomic E-state index is -5.31. The number of ether oxygens (including phenoxy) is 1. The number of aromatic carboxylic acids is 1. The summed E-state index contributed by atoms with van der Waals surface area (Å²) in [5, 5.41) is 32.4. The van der Waals surface area contributed by atoms with Crippen molar-refractivity contribution >= 4 is 93.1 Å². The van der Waals surface area contributed by atoms with E-state index >= 15 is 0 Å². The number of anilines is 4. The molecular weight excluding hydrogens is 899 g/mol. The molecule has 0 spiro atoms. The Morgan fingerprint density at radius 3 is 1.88 bits per heavy atom. The summed E-state index contributed by atoms with van der Waals surface area (Å²) in [5.41, 5.74) is -2.93. The molecule has 1 atom stereocenters. The largest absolute Gasteiger partial charge is 1.00 e. The monoisotopic (exact) mass is 915 g/mol. The summed E-state index contributed by atoms with van der Waals surface area (Å²) >= 11 is -3.38. The molecule has 0 fully saturated rings. The van der Waals surface area contributed by atoms with Gasteiger partial charge in [-0.25, -0.2) is 34.3 Å². The Labute approximate surface area is 418 Å². The van der Waals surface area contributed by atoms with Crippen LogP contribution in [0, 0.1) is 0 Å². The van der Waals surface area contributed by atoms with Crippen LogP contribution in [0.25, 0.3) is 10.8 Å². The molecule has 0 aliphatic rings. The Kier molecular flexibility index (Phi) is 20.3. The number of hydrogen-bond donors (Lipinski definition) is 4. The van der Waals surface area contributed by atoms with E-state index in [1.54, 1.807) is 0 Å². The van der Waals surface area contributed by atoms with E-state index in [4.69, 9.17) is 4.74 Å². The van der Waals surface area contributed by atoms with Gasteiger partial charge in [0.15, 0.2) is 17.2 Å². The van der Waals surface area contributed by atoms with Crippen molar-refractivity contribution in [3.8, 4) is 17.5 Å². The van der Waals surface area contributed by atoms with E-state index in [2.05, 4.69) is 40.0 Å². The van der Waals surface area contributed by atoms with Crippen molar-refractivity contribution in [2.75, 3.05) is 17.7 Å². The smallest absolute Gasteiger partial charge is 0.744 e. The van der Waals surface area contributed by atoms with Crippen LogP contribution in [0.15, 0.2) is 85.6 Å². The van der Waals surface area contributed by atoms with E-state index in [0.717, 1.165) is 43.5 Å². The molecule has 0 saturated carbocycles.